The van der Waals surface area contributed by atoms with Gasteiger partial charge in [0.2, 0.25) is 29.5 Å². The molecule has 0 radical (unpaired) electrons. The third kappa shape index (κ3) is 12.3. The molecule has 0 aliphatic carbocycles. The standard InChI is InChI=1S/C35H43ClN6O6/c1-21(2)16-28(39-31(44)20-37)33(46)41-30(18-23-8-12-25(36)13-9-23)35(48)42-29(19-24-10-14-26(43)15-11-24)34(47)40-27(32(38)45)17-22-6-4-3-5-7-22/h3-15,21,27-30,43H,16-20,37H2,1-2H3,(H2,38,45)(H,39,44)(H,40,47)(H,41,46)(H,42,48). The molecule has 48 heavy (non-hydrogen) atoms. The number of primary amides is 1. The minimum absolute atomic E-state index is 0.0151. The van der Waals surface area contributed by atoms with Gasteiger partial charge in [0.25, 0.3) is 0 Å². The number of amides is 5. The van der Waals surface area contributed by atoms with Crippen molar-refractivity contribution in [3.8, 4) is 5.75 Å². The number of nitrogens with two attached hydrogens (primary N) is 2. The molecule has 0 heterocycles. The molecule has 4 atom stereocenters. The Balaban J connectivity index is 1.91. The molecular weight excluding hydrogens is 636 g/mol. The third-order valence-corrected chi connectivity index (χ3v) is 7.73. The molecule has 0 aromatic heterocycles. The van der Waals surface area contributed by atoms with Crippen molar-refractivity contribution in [3.05, 3.63) is 101 Å². The first-order valence-electron chi connectivity index (χ1n) is 15.6. The molecule has 0 saturated heterocycles. The highest BCUT2D eigenvalue weighted by Crippen LogP contribution is 2.15. The van der Waals surface area contributed by atoms with Crippen LogP contribution in [0.4, 0.5) is 0 Å². The maximum Gasteiger partial charge on any atom is 0.243 e. The lowest BCUT2D eigenvalue weighted by atomic mass is 9.99. The van der Waals surface area contributed by atoms with E-state index in [0.717, 1.165) is 5.56 Å². The van der Waals surface area contributed by atoms with Crippen LogP contribution in [0.5, 0.6) is 5.75 Å². The zero-order chi connectivity index (χ0) is 35.2. The number of aromatic hydroxyl groups is 1. The minimum atomic E-state index is -1.22. The normalized spacial score (nSPS) is 13.4. The zero-order valence-corrected chi connectivity index (χ0v) is 27.7. The van der Waals surface area contributed by atoms with Gasteiger partial charge in [-0.25, -0.2) is 0 Å². The van der Waals surface area contributed by atoms with Gasteiger partial charge >= 0.3 is 0 Å². The highest BCUT2D eigenvalue weighted by molar-refractivity contribution is 6.30. The number of carbonyl (C=O) groups is 5. The second kappa shape index (κ2) is 18.4. The molecule has 256 valence electrons. The van der Waals surface area contributed by atoms with Crippen LogP contribution < -0.4 is 32.7 Å². The van der Waals surface area contributed by atoms with Crippen molar-refractivity contribution in [1.29, 1.82) is 0 Å². The van der Waals surface area contributed by atoms with Crippen LogP contribution in [0.2, 0.25) is 5.02 Å². The fourth-order valence-electron chi connectivity index (χ4n) is 4.99. The Morgan fingerprint density at radius 3 is 1.56 bits per heavy atom. The Kier molecular flexibility index (Phi) is 14.4. The van der Waals surface area contributed by atoms with E-state index in [1.54, 1.807) is 60.7 Å². The van der Waals surface area contributed by atoms with Crippen molar-refractivity contribution < 1.29 is 29.1 Å². The van der Waals surface area contributed by atoms with Gasteiger partial charge in [0.1, 0.15) is 29.9 Å². The summed E-state index contributed by atoms with van der Waals surface area (Å²) in [6, 6.07) is 17.4. The fourth-order valence-corrected chi connectivity index (χ4v) is 5.11. The summed E-state index contributed by atoms with van der Waals surface area (Å²) in [5, 5.41) is 21.0. The molecule has 12 nitrogen and oxygen atoms in total. The number of phenolic OH excluding ortho intramolecular Hbond substituents is 1. The van der Waals surface area contributed by atoms with Gasteiger partial charge in [-0.15, -0.1) is 0 Å². The number of benzene rings is 3. The van der Waals surface area contributed by atoms with Crippen LogP contribution in [-0.4, -0.2) is 65.4 Å². The second-order valence-corrected chi connectivity index (χ2v) is 12.4. The van der Waals surface area contributed by atoms with E-state index in [0.29, 0.717) is 16.1 Å². The van der Waals surface area contributed by atoms with Gasteiger partial charge in [-0.05, 0) is 53.3 Å². The highest BCUT2D eigenvalue weighted by Gasteiger charge is 2.31. The van der Waals surface area contributed by atoms with E-state index >= 15 is 0 Å². The van der Waals surface area contributed by atoms with Crippen LogP contribution in [0.3, 0.4) is 0 Å². The monoisotopic (exact) mass is 678 g/mol. The molecule has 3 aromatic carbocycles. The molecule has 0 saturated carbocycles. The summed E-state index contributed by atoms with van der Waals surface area (Å²) >= 11 is 6.06. The quantitative estimate of drug-likeness (QED) is 0.112. The second-order valence-electron chi connectivity index (χ2n) is 11.9. The van der Waals surface area contributed by atoms with E-state index in [1.807, 2.05) is 19.9 Å². The minimum Gasteiger partial charge on any atom is -0.508 e. The van der Waals surface area contributed by atoms with Crippen LogP contribution in [0.25, 0.3) is 0 Å². The molecule has 3 rings (SSSR count). The lowest BCUT2D eigenvalue weighted by molar-refractivity contribution is -0.134. The Bertz CT molecular complexity index is 1540. The van der Waals surface area contributed by atoms with E-state index in [-0.39, 0.29) is 43.9 Å². The molecule has 13 heteroatoms. The van der Waals surface area contributed by atoms with E-state index < -0.39 is 53.7 Å². The smallest absolute Gasteiger partial charge is 0.243 e. The first kappa shape index (κ1) is 37.5. The van der Waals surface area contributed by atoms with E-state index in [9.17, 15) is 29.1 Å². The molecule has 0 fully saturated rings. The van der Waals surface area contributed by atoms with Crippen LogP contribution in [-0.2, 0) is 43.2 Å². The number of hydrogen-bond donors (Lipinski definition) is 7. The highest BCUT2D eigenvalue weighted by atomic mass is 35.5. The van der Waals surface area contributed by atoms with Crippen molar-refractivity contribution in [2.45, 2.75) is 63.7 Å². The Hall–Kier alpha value is -4.94. The van der Waals surface area contributed by atoms with E-state index in [1.165, 1.54) is 12.1 Å². The number of phenols is 1. The van der Waals surface area contributed by atoms with Gasteiger partial charge in [-0.3, -0.25) is 24.0 Å². The Morgan fingerprint density at radius 2 is 1.08 bits per heavy atom. The number of halogens is 1. The number of carbonyl (C=O) groups excluding carboxylic acids is 5. The fraction of sp³-hybridized carbons (Fsp3) is 0.343. The Morgan fingerprint density at radius 1 is 0.646 bits per heavy atom. The first-order chi connectivity index (χ1) is 22.8. The summed E-state index contributed by atoms with van der Waals surface area (Å²) in [5.74, 6) is -3.22. The number of hydrogen-bond acceptors (Lipinski definition) is 7. The zero-order valence-electron chi connectivity index (χ0n) is 26.9. The number of rotatable bonds is 17. The predicted molar refractivity (Wildman–Crippen MR) is 183 cm³/mol. The van der Waals surface area contributed by atoms with Crippen molar-refractivity contribution in [2.75, 3.05) is 6.54 Å². The topological polar surface area (TPSA) is 206 Å². The van der Waals surface area contributed by atoms with E-state index in [4.69, 9.17) is 23.1 Å². The number of nitrogens with one attached hydrogen (secondary N) is 4. The van der Waals surface area contributed by atoms with Gasteiger partial charge in [-0.1, -0.05) is 80.0 Å². The molecule has 0 aliphatic heterocycles. The van der Waals surface area contributed by atoms with Gasteiger partial charge < -0.3 is 37.8 Å². The lowest BCUT2D eigenvalue weighted by Gasteiger charge is -2.27. The van der Waals surface area contributed by atoms with Gasteiger partial charge in [0.05, 0.1) is 6.54 Å². The van der Waals surface area contributed by atoms with Gasteiger partial charge in [0.15, 0.2) is 0 Å². The molecule has 0 bridgehead atoms. The molecular formula is C35H43ClN6O6. The summed E-state index contributed by atoms with van der Waals surface area (Å²) in [5.41, 5.74) is 13.2. The average molecular weight is 679 g/mol. The summed E-state index contributed by atoms with van der Waals surface area (Å²) < 4.78 is 0. The lowest BCUT2D eigenvalue weighted by Crippen LogP contribution is -2.59. The Labute approximate surface area is 285 Å². The van der Waals surface area contributed by atoms with Crippen molar-refractivity contribution in [2.24, 2.45) is 17.4 Å². The molecule has 0 spiro atoms. The summed E-state index contributed by atoms with van der Waals surface area (Å²) in [6.45, 7) is 3.45. The van der Waals surface area contributed by atoms with Crippen molar-refractivity contribution in [1.82, 2.24) is 21.3 Å². The average Bonchev–Trinajstić information content (AvgIpc) is 3.05. The first-order valence-corrected chi connectivity index (χ1v) is 16.0. The molecule has 3 aromatic rings. The van der Waals surface area contributed by atoms with Gasteiger partial charge in [0, 0.05) is 24.3 Å². The molecule has 9 N–H and O–H groups in total. The van der Waals surface area contributed by atoms with Crippen LogP contribution in [0, 0.1) is 5.92 Å². The predicted octanol–water partition coefficient (Wildman–Crippen LogP) is 1.50. The van der Waals surface area contributed by atoms with Crippen LogP contribution in [0.1, 0.15) is 37.0 Å². The molecule has 0 aliphatic rings. The molecule has 4 unspecified atom stereocenters. The summed E-state index contributed by atoms with van der Waals surface area (Å²) in [7, 11) is 0. The molecule has 5 amide bonds. The summed E-state index contributed by atoms with van der Waals surface area (Å²) in [4.78, 5) is 65.7. The maximum atomic E-state index is 14.0. The third-order valence-electron chi connectivity index (χ3n) is 7.48. The largest absolute Gasteiger partial charge is 0.508 e. The van der Waals surface area contributed by atoms with Crippen LogP contribution in [0.15, 0.2) is 78.9 Å². The van der Waals surface area contributed by atoms with Crippen LogP contribution >= 0.6 is 11.6 Å². The van der Waals surface area contributed by atoms with E-state index in [2.05, 4.69) is 21.3 Å². The van der Waals surface area contributed by atoms with Gasteiger partial charge in [-0.2, -0.15) is 0 Å². The van der Waals surface area contributed by atoms with Crippen molar-refractivity contribution >= 4 is 41.1 Å². The SMILES string of the molecule is CC(C)CC(NC(=O)CN)C(=O)NC(Cc1ccc(Cl)cc1)C(=O)NC(Cc1ccc(O)cc1)C(=O)NC(Cc1ccccc1)C(N)=O. The summed E-state index contributed by atoms with van der Waals surface area (Å²) in [6.07, 6.45) is 0.426. The maximum absolute atomic E-state index is 14.0. The van der Waals surface area contributed by atoms with Crippen molar-refractivity contribution in [3.63, 3.8) is 0 Å².